The first kappa shape index (κ1) is 32.2. The Kier molecular flexibility index (Phi) is 13.2. The Morgan fingerprint density at radius 1 is 1.17 bits per heavy atom. The van der Waals surface area contributed by atoms with Gasteiger partial charge in [0.1, 0.15) is 30.1 Å². The van der Waals surface area contributed by atoms with Crippen LogP contribution in [0.1, 0.15) is 32.9 Å². The van der Waals surface area contributed by atoms with E-state index in [4.69, 9.17) is 24.3 Å². The summed E-state index contributed by atoms with van der Waals surface area (Å²) in [5, 5.41) is 5.20. The van der Waals surface area contributed by atoms with E-state index in [1.165, 1.54) is 6.33 Å². The van der Waals surface area contributed by atoms with Crippen LogP contribution >= 0.6 is 8.53 Å². The highest BCUT2D eigenvalue weighted by Gasteiger charge is 2.29. The molecule has 14 heteroatoms. The predicted octanol–water partition coefficient (Wildman–Crippen LogP) is 5.27. The first-order chi connectivity index (χ1) is 19.9. The van der Waals surface area contributed by atoms with Crippen LogP contribution in [0, 0.1) is 0 Å². The van der Waals surface area contributed by atoms with Crippen molar-refractivity contribution < 1.29 is 32.1 Å². The van der Waals surface area contributed by atoms with Gasteiger partial charge >= 0.3 is 8.53 Å². The van der Waals surface area contributed by atoms with Crippen molar-refractivity contribution in [2.45, 2.75) is 45.1 Å². The SMILES string of the molecule is COC(C)C.FCF.Nc1ncnc2c1ncn2C1CCC(COP(NCC=O)Oc2ccc3ccccc3c2)O1. The average Bonchev–Trinajstić information content (AvgIpc) is 3.63. The van der Waals surface area contributed by atoms with Crippen LogP contribution < -0.4 is 15.3 Å². The number of rotatable bonds is 10. The highest BCUT2D eigenvalue weighted by Crippen LogP contribution is 2.38. The molecular formula is C27H35F2N6O5P. The second-order valence-electron chi connectivity index (χ2n) is 8.94. The van der Waals surface area contributed by atoms with Gasteiger partial charge in [-0.1, -0.05) is 30.3 Å². The number of alkyl halides is 2. The molecule has 3 unspecified atom stereocenters. The minimum atomic E-state index is -1.75. The maximum absolute atomic E-state index is 10.9. The van der Waals surface area contributed by atoms with Gasteiger partial charge < -0.3 is 29.0 Å². The first-order valence-corrected chi connectivity index (χ1v) is 14.1. The highest BCUT2D eigenvalue weighted by atomic mass is 31.2. The van der Waals surface area contributed by atoms with Gasteiger partial charge in [-0.05, 0) is 49.6 Å². The number of nitrogens with two attached hydrogens (primary N) is 1. The topological polar surface area (TPSA) is 136 Å². The van der Waals surface area contributed by atoms with Crippen LogP contribution in [0.4, 0.5) is 14.6 Å². The number of carbonyl (C=O) groups excluding carboxylic acids is 1. The van der Waals surface area contributed by atoms with Crippen LogP contribution in [0.15, 0.2) is 55.1 Å². The lowest BCUT2D eigenvalue weighted by molar-refractivity contribution is -0.106. The van der Waals surface area contributed by atoms with Crippen LogP contribution in [0.25, 0.3) is 21.9 Å². The summed E-state index contributed by atoms with van der Waals surface area (Å²) in [7, 11) is 0.175. The van der Waals surface area contributed by atoms with Gasteiger partial charge in [0.2, 0.25) is 6.93 Å². The van der Waals surface area contributed by atoms with E-state index in [9.17, 15) is 13.6 Å². The summed E-state index contributed by atoms with van der Waals surface area (Å²) in [5.74, 6) is 1.01. The minimum absolute atomic E-state index is 0.130. The molecule has 4 aromatic rings. The molecule has 1 saturated heterocycles. The Balaban J connectivity index is 0.000000515. The molecule has 3 heterocycles. The van der Waals surface area contributed by atoms with Gasteiger partial charge in [-0.15, -0.1) is 0 Å². The first-order valence-electron chi connectivity index (χ1n) is 12.9. The number of methoxy groups -OCH3 is 1. The number of nitrogen functional groups attached to an aromatic ring is 1. The molecule has 3 atom stereocenters. The lowest BCUT2D eigenvalue weighted by atomic mass is 10.1. The Bertz CT molecular complexity index is 1360. The Hall–Kier alpha value is -3.35. The average molecular weight is 593 g/mol. The normalized spacial score (nSPS) is 17.0. The van der Waals surface area contributed by atoms with Crippen molar-refractivity contribution in [3.63, 3.8) is 0 Å². The third-order valence-electron chi connectivity index (χ3n) is 5.84. The van der Waals surface area contributed by atoms with Crippen LogP contribution in [-0.2, 0) is 18.8 Å². The zero-order valence-corrected chi connectivity index (χ0v) is 24.0. The largest absolute Gasteiger partial charge is 0.436 e. The number of nitrogens with one attached hydrogen (secondary N) is 1. The number of ether oxygens (including phenoxy) is 2. The molecule has 0 amide bonds. The lowest BCUT2D eigenvalue weighted by Gasteiger charge is -2.20. The maximum Gasteiger partial charge on any atom is 0.318 e. The second kappa shape index (κ2) is 16.8. The monoisotopic (exact) mass is 592 g/mol. The van der Waals surface area contributed by atoms with Crippen molar-refractivity contribution >= 4 is 42.6 Å². The van der Waals surface area contributed by atoms with Crippen LogP contribution in [-0.4, -0.2) is 65.2 Å². The zero-order valence-electron chi connectivity index (χ0n) is 23.2. The fourth-order valence-electron chi connectivity index (χ4n) is 3.78. The summed E-state index contributed by atoms with van der Waals surface area (Å²) < 4.78 is 44.1. The van der Waals surface area contributed by atoms with Crippen molar-refractivity contribution in [2.75, 3.05) is 32.9 Å². The van der Waals surface area contributed by atoms with Gasteiger partial charge in [0.15, 0.2) is 11.5 Å². The number of anilines is 1. The molecule has 222 valence electrons. The quantitative estimate of drug-likeness (QED) is 0.185. The number of hydrogen-bond donors (Lipinski definition) is 2. The van der Waals surface area contributed by atoms with Crippen LogP contribution in [0.2, 0.25) is 0 Å². The van der Waals surface area contributed by atoms with Gasteiger partial charge in [0, 0.05) is 7.11 Å². The van der Waals surface area contributed by atoms with Crippen LogP contribution in [0.5, 0.6) is 5.75 Å². The fourth-order valence-corrected chi connectivity index (χ4v) is 4.82. The van der Waals surface area contributed by atoms with Crippen molar-refractivity contribution in [3.05, 3.63) is 55.1 Å². The smallest absolute Gasteiger partial charge is 0.318 e. The number of benzene rings is 2. The van der Waals surface area contributed by atoms with E-state index in [-0.39, 0.29) is 18.9 Å². The number of halogens is 2. The van der Waals surface area contributed by atoms with Crippen molar-refractivity contribution in [1.29, 1.82) is 0 Å². The molecule has 2 aromatic carbocycles. The zero-order chi connectivity index (χ0) is 29.6. The number of aldehydes is 1. The van der Waals surface area contributed by atoms with E-state index in [1.54, 1.807) is 13.4 Å². The number of imidazole rings is 1. The molecule has 0 radical (unpaired) electrons. The molecule has 11 nitrogen and oxygen atoms in total. The van der Waals surface area contributed by atoms with E-state index in [0.717, 1.165) is 29.9 Å². The Morgan fingerprint density at radius 2 is 1.90 bits per heavy atom. The van der Waals surface area contributed by atoms with Crippen molar-refractivity contribution in [1.82, 2.24) is 24.6 Å². The van der Waals surface area contributed by atoms with Crippen LogP contribution in [0.3, 0.4) is 0 Å². The van der Waals surface area contributed by atoms with Gasteiger partial charge in [-0.25, -0.2) is 28.8 Å². The van der Waals surface area contributed by atoms with E-state index in [2.05, 4.69) is 20.0 Å². The third-order valence-corrected chi connectivity index (χ3v) is 7.05. The second-order valence-corrected chi connectivity index (χ2v) is 10.2. The molecule has 0 aliphatic carbocycles. The molecule has 1 fully saturated rings. The Morgan fingerprint density at radius 3 is 2.61 bits per heavy atom. The van der Waals surface area contributed by atoms with Gasteiger partial charge in [0.05, 0.1) is 31.7 Å². The van der Waals surface area contributed by atoms with Gasteiger partial charge in [-0.3, -0.25) is 4.57 Å². The molecule has 0 bridgehead atoms. The molecule has 3 N–H and O–H groups in total. The molecule has 1 aliphatic rings. The minimum Gasteiger partial charge on any atom is -0.436 e. The van der Waals surface area contributed by atoms with Crippen molar-refractivity contribution in [2.24, 2.45) is 0 Å². The summed E-state index contributed by atoms with van der Waals surface area (Å²) in [6, 6.07) is 13.9. The molecule has 41 heavy (non-hydrogen) atoms. The molecule has 0 saturated carbocycles. The molecule has 1 aliphatic heterocycles. The molecular weight excluding hydrogens is 557 g/mol. The van der Waals surface area contributed by atoms with E-state index in [0.29, 0.717) is 35.4 Å². The summed E-state index contributed by atoms with van der Waals surface area (Å²) in [6.07, 6.45) is 5.50. The summed E-state index contributed by atoms with van der Waals surface area (Å²) in [5.41, 5.74) is 7.08. The summed E-state index contributed by atoms with van der Waals surface area (Å²) in [6.45, 7) is 2.71. The maximum atomic E-state index is 10.9. The van der Waals surface area contributed by atoms with Gasteiger partial charge in [0.25, 0.3) is 0 Å². The highest BCUT2D eigenvalue weighted by molar-refractivity contribution is 7.45. The number of nitrogens with zero attached hydrogens (tertiary/aromatic N) is 4. The van der Waals surface area contributed by atoms with Gasteiger partial charge in [-0.2, -0.15) is 0 Å². The summed E-state index contributed by atoms with van der Waals surface area (Å²) in [4.78, 5) is 23.5. The van der Waals surface area contributed by atoms with E-state index >= 15 is 0 Å². The molecule has 5 rings (SSSR count). The Labute approximate surface area is 238 Å². The third kappa shape index (κ3) is 9.61. The lowest BCUT2D eigenvalue weighted by Crippen LogP contribution is -2.20. The van der Waals surface area contributed by atoms with E-state index in [1.807, 2.05) is 60.9 Å². The predicted molar refractivity (Wildman–Crippen MR) is 154 cm³/mol. The standard InChI is InChI=1S/C22H23N6O4P.C4H10O.CH2F2/c23-21-20-22(25-13-24-21)28(14-26-20)19-8-7-18(31-19)12-30-33(27-9-10-29)32-17-6-5-15-3-1-2-4-16(15)11-17;1-4(2)5-3;2-1-3/h1-6,10-11,13-14,18-19,27H,7-9,12H2,(H2,23,24,25);4H,1-3H3;1H2. The van der Waals surface area contributed by atoms with Crippen molar-refractivity contribution in [3.8, 4) is 5.75 Å². The van der Waals surface area contributed by atoms with E-state index < -0.39 is 15.5 Å². The fraction of sp³-hybridized carbons (Fsp3) is 0.407. The number of fused-ring (bicyclic) bond motifs is 2. The number of aromatic nitrogens is 4. The molecule has 2 aromatic heterocycles. The summed E-state index contributed by atoms with van der Waals surface area (Å²) >= 11 is 0. The molecule has 0 spiro atoms. The number of carbonyl (C=O) groups is 1. The number of hydrogen-bond acceptors (Lipinski definition) is 10.